The molecule has 1 amide bonds. The van der Waals surface area contributed by atoms with Crippen molar-refractivity contribution < 1.29 is 13.7 Å². The van der Waals surface area contributed by atoms with Gasteiger partial charge < -0.3 is 9.84 Å². The Kier molecular flexibility index (Phi) is 6.39. The molecule has 6 nitrogen and oxygen atoms in total. The molecule has 0 spiro atoms. The van der Waals surface area contributed by atoms with Crippen molar-refractivity contribution in [3.63, 3.8) is 0 Å². The number of amides is 1. The van der Waals surface area contributed by atoms with Crippen molar-refractivity contribution >= 4 is 28.8 Å². The summed E-state index contributed by atoms with van der Waals surface area (Å²) in [6, 6.07) is 8.13. The van der Waals surface area contributed by atoms with E-state index in [9.17, 15) is 9.18 Å². The summed E-state index contributed by atoms with van der Waals surface area (Å²) >= 11 is 7.71. The van der Waals surface area contributed by atoms with Gasteiger partial charge in [-0.05, 0) is 37.6 Å². The van der Waals surface area contributed by atoms with Crippen molar-refractivity contribution in [1.82, 2.24) is 20.4 Å². The first kappa shape index (κ1) is 21.1. The lowest BCUT2D eigenvalue weighted by atomic mass is 10.0. The normalized spacial score (nSPS) is 10.9. The van der Waals surface area contributed by atoms with Crippen LogP contribution in [0.4, 0.5) is 4.39 Å². The molecule has 9 heteroatoms. The zero-order chi connectivity index (χ0) is 21.8. The van der Waals surface area contributed by atoms with Crippen LogP contribution in [0, 0.1) is 12.7 Å². The third-order valence-corrected chi connectivity index (χ3v) is 5.89. The predicted octanol–water partition coefficient (Wildman–Crippen LogP) is 5.32. The molecule has 0 aliphatic carbocycles. The second-order valence-electron chi connectivity index (χ2n) is 6.78. The van der Waals surface area contributed by atoms with E-state index in [-0.39, 0.29) is 27.8 Å². The van der Waals surface area contributed by atoms with Crippen molar-refractivity contribution in [2.45, 2.75) is 19.8 Å². The zero-order valence-corrected chi connectivity index (χ0v) is 18.1. The van der Waals surface area contributed by atoms with Gasteiger partial charge in [-0.15, -0.1) is 11.3 Å². The maximum Gasteiger partial charge on any atom is 0.257 e. The van der Waals surface area contributed by atoms with Gasteiger partial charge in [-0.1, -0.05) is 22.8 Å². The number of aromatic nitrogens is 3. The summed E-state index contributed by atoms with van der Waals surface area (Å²) in [5, 5.41) is 9.87. The highest BCUT2D eigenvalue weighted by Crippen LogP contribution is 2.33. The predicted molar refractivity (Wildman–Crippen MR) is 118 cm³/mol. The largest absolute Gasteiger partial charge is 0.360 e. The Morgan fingerprint density at radius 1 is 1.26 bits per heavy atom. The Hall–Kier alpha value is -3.10. The van der Waals surface area contributed by atoms with Crippen molar-refractivity contribution in [2.75, 3.05) is 6.54 Å². The number of rotatable bonds is 7. The number of carbonyl (C=O) groups is 1. The molecule has 0 unspecified atom stereocenters. The minimum atomic E-state index is -0.566. The number of benzene rings is 1. The first-order chi connectivity index (χ1) is 15.0. The lowest BCUT2D eigenvalue weighted by molar-refractivity contribution is 0.0952. The van der Waals surface area contributed by atoms with E-state index in [0.717, 1.165) is 22.7 Å². The van der Waals surface area contributed by atoms with Crippen molar-refractivity contribution in [1.29, 1.82) is 0 Å². The third kappa shape index (κ3) is 4.65. The van der Waals surface area contributed by atoms with Crippen LogP contribution >= 0.6 is 22.9 Å². The van der Waals surface area contributed by atoms with Gasteiger partial charge in [0.2, 0.25) is 0 Å². The van der Waals surface area contributed by atoms with E-state index >= 15 is 0 Å². The van der Waals surface area contributed by atoms with E-state index in [1.165, 1.54) is 12.1 Å². The Morgan fingerprint density at radius 3 is 2.84 bits per heavy atom. The smallest absolute Gasteiger partial charge is 0.257 e. The number of nitrogens with zero attached hydrogens (tertiary/aromatic N) is 3. The molecule has 0 bridgehead atoms. The summed E-state index contributed by atoms with van der Waals surface area (Å²) in [5.74, 6) is -0.651. The zero-order valence-electron chi connectivity index (χ0n) is 16.6. The van der Waals surface area contributed by atoms with Gasteiger partial charge in [0.25, 0.3) is 5.91 Å². The molecule has 4 rings (SSSR count). The number of pyridine rings is 1. The standard InChI is InChI=1S/C22H18ClFN4O2S/c1-13-19(21(28-30-13)20-15(23)4-2-5-16(20)24)22(29)26-9-3-6-18-27-17(12-31-18)14-7-10-25-11-8-14/h2,4-5,7-8,10-12H,3,6,9H2,1H3,(H,26,29). The molecule has 1 aromatic carbocycles. The highest BCUT2D eigenvalue weighted by Gasteiger charge is 2.25. The van der Waals surface area contributed by atoms with E-state index in [0.29, 0.717) is 18.7 Å². The van der Waals surface area contributed by atoms with Gasteiger partial charge in [-0.2, -0.15) is 0 Å². The maximum atomic E-state index is 14.3. The fourth-order valence-electron chi connectivity index (χ4n) is 3.15. The van der Waals surface area contributed by atoms with Crippen molar-refractivity contribution in [3.05, 3.63) is 75.3 Å². The highest BCUT2D eigenvalue weighted by atomic mass is 35.5. The van der Waals surface area contributed by atoms with Crippen LogP contribution in [0.3, 0.4) is 0 Å². The van der Waals surface area contributed by atoms with Crippen LogP contribution in [0.25, 0.3) is 22.5 Å². The lowest BCUT2D eigenvalue weighted by Crippen LogP contribution is -2.25. The number of thiazole rings is 1. The van der Waals surface area contributed by atoms with Crippen molar-refractivity contribution in [2.24, 2.45) is 0 Å². The van der Waals surface area contributed by atoms with E-state index in [1.807, 2.05) is 17.5 Å². The average Bonchev–Trinajstić information content (AvgIpc) is 3.39. The molecule has 4 aromatic rings. The van der Waals surface area contributed by atoms with E-state index in [4.69, 9.17) is 16.1 Å². The van der Waals surface area contributed by atoms with Crippen molar-refractivity contribution in [3.8, 4) is 22.5 Å². The number of halogens is 2. The summed E-state index contributed by atoms with van der Waals surface area (Å²) in [7, 11) is 0. The van der Waals surface area contributed by atoms with Crippen LogP contribution in [-0.4, -0.2) is 27.6 Å². The molecule has 0 saturated heterocycles. The first-order valence-corrected chi connectivity index (χ1v) is 10.8. The quantitative estimate of drug-likeness (QED) is 0.380. The topological polar surface area (TPSA) is 80.9 Å². The molecule has 0 saturated carbocycles. The van der Waals surface area contributed by atoms with Gasteiger partial charge in [-0.25, -0.2) is 9.37 Å². The Bertz CT molecular complexity index is 1190. The molecule has 0 atom stereocenters. The summed E-state index contributed by atoms with van der Waals surface area (Å²) in [6.45, 7) is 2.04. The Morgan fingerprint density at radius 2 is 2.06 bits per heavy atom. The maximum absolute atomic E-state index is 14.3. The van der Waals surface area contributed by atoms with Crippen LogP contribution in [0.2, 0.25) is 5.02 Å². The van der Waals surface area contributed by atoms with Gasteiger partial charge in [0, 0.05) is 36.3 Å². The van der Waals surface area contributed by atoms with Gasteiger partial charge in [0.1, 0.15) is 22.8 Å². The fourth-order valence-corrected chi connectivity index (χ4v) is 4.25. The molecular weight excluding hydrogens is 439 g/mol. The lowest BCUT2D eigenvalue weighted by Gasteiger charge is -2.07. The Labute approximate surface area is 187 Å². The van der Waals surface area contributed by atoms with Crippen LogP contribution in [0.1, 0.15) is 27.5 Å². The van der Waals surface area contributed by atoms with E-state index in [1.54, 1.807) is 36.7 Å². The SMILES string of the molecule is Cc1onc(-c2c(F)cccc2Cl)c1C(=O)NCCCc1nc(-c2ccncc2)cs1. The van der Waals surface area contributed by atoms with Gasteiger partial charge in [0.15, 0.2) is 0 Å². The summed E-state index contributed by atoms with van der Waals surface area (Å²) in [6.07, 6.45) is 4.90. The molecule has 158 valence electrons. The molecule has 0 fully saturated rings. The second-order valence-corrected chi connectivity index (χ2v) is 8.13. The van der Waals surface area contributed by atoms with E-state index < -0.39 is 5.82 Å². The molecule has 0 radical (unpaired) electrons. The average molecular weight is 457 g/mol. The fraction of sp³-hybridized carbons (Fsp3) is 0.182. The summed E-state index contributed by atoms with van der Waals surface area (Å²) in [5.41, 5.74) is 2.27. The number of aryl methyl sites for hydroxylation is 2. The summed E-state index contributed by atoms with van der Waals surface area (Å²) < 4.78 is 19.5. The Balaban J connectivity index is 1.38. The van der Waals surface area contributed by atoms with Crippen LogP contribution in [0.15, 0.2) is 52.6 Å². The molecule has 1 N–H and O–H groups in total. The molecule has 3 aromatic heterocycles. The van der Waals surface area contributed by atoms with Gasteiger partial charge in [0.05, 0.1) is 21.3 Å². The molecule has 31 heavy (non-hydrogen) atoms. The number of hydrogen-bond acceptors (Lipinski definition) is 6. The van der Waals surface area contributed by atoms with Crippen LogP contribution < -0.4 is 5.32 Å². The molecular formula is C22H18ClFN4O2S. The number of nitrogens with one attached hydrogen (secondary N) is 1. The van der Waals surface area contributed by atoms with E-state index in [2.05, 4.69) is 20.4 Å². The molecule has 3 heterocycles. The first-order valence-electron chi connectivity index (χ1n) is 9.58. The second kappa shape index (κ2) is 9.36. The number of carbonyl (C=O) groups excluding carboxylic acids is 1. The highest BCUT2D eigenvalue weighted by molar-refractivity contribution is 7.09. The van der Waals surface area contributed by atoms with Crippen LogP contribution in [0.5, 0.6) is 0 Å². The monoisotopic (exact) mass is 456 g/mol. The minimum Gasteiger partial charge on any atom is -0.360 e. The number of hydrogen-bond donors (Lipinski definition) is 1. The third-order valence-electron chi connectivity index (χ3n) is 4.67. The van der Waals surface area contributed by atoms with Gasteiger partial charge in [-0.3, -0.25) is 9.78 Å². The van der Waals surface area contributed by atoms with Gasteiger partial charge >= 0.3 is 0 Å². The molecule has 0 aliphatic heterocycles. The summed E-state index contributed by atoms with van der Waals surface area (Å²) in [4.78, 5) is 21.4. The van der Waals surface area contributed by atoms with Crippen LogP contribution in [-0.2, 0) is 6.42 Å². The molecule has 0 aliphatic rings. The minimum absolute atomic E-state index is 0.0533.